The van der Waals surface area contributed by atoms with E-state index in [0.29, 0.717) is 6.54 Å². The van der Waals surface area contributed by atoms with Crippen LogP contribution >= 0.6 is 0 Å². The minimum absolute atomic E-state index is 0.0438. The van der Waals surface area contributed by atoms with Crippen LogP contribution in [-0.4, -0.2) is 82.4 Å². The van der Waals surface area contributed by atoms with Crippen molar-refractivity contribution in [2.75, 3.05) is 48.4 Å². The molecular formula is C38H55N5O5S. The van der Waals surface area contributed by atoms with Gasteiger partial charge in [-0.1, -0.05) is 39.7 Å². The third-order valence-corrected chi connectivity index (χ3v) is 12.2. The molecule has 1 unspecified atom stereocenters. The molecule has 0 bridgehead atoms. The van der Waals surface area contributed by atoms with Crippen molar-refractivity contribution in [3.8, 4) is 17.0 Å². The van der Waals surface area contributed by atoms with E-state index >= 15 is 0 Å². The molecule has 3 aromatic rings. The van der Waals surface area contributed by atoms with Crippen molar-refractivity contribution >= 4 is 32.9 Å². The highest BCUT2D eigenvalue weighted by Gasteiger charge is 2.70. The lowest BCUT2D eigenvalue weighted by Crippen LogP contribution is -2.43. The summed E-state index contributed by atoms with van der Waals surface area (Å²) in [4.78, 5) is 30.1. The number of carbonyl (C=O) groups is 2. The maximum Gasteiger partial charge on any atom is 0.303 e. The van der Waals surface area contributed by atoms with Crippen molar-refractivity contribution < 1.29 is 22.7 Å². The third kappa shape index (κ3) is 6.61. The summed E-state index contributed by atoms with van der Waals surface area (Å²) in [5.74, 6) is 0.783. The van der Waals surface area contributed by atoms with E-state index in [2.05, 4.69) is 52.4 Å². The summed E-state index contributed by atoms with van der Waals surface area (Å²) in [7, 11) is 4.24. The fourth-order valence-corrected chi connectivity index (χ4v) is 8.93. The molecule has 11 heteroatoms. The summed E-state index contributed by atoms with van der Waals surface area (Å²) in [5, 5.41) is 3.81. The molecular weight excluding hydrogens is 639 g/mol. The number of aromatic nitrogens is 1. The number of benzene rings is 2. The van der Waals surface area contributed by atoms with Gasteiger partial charge in [-0.2, -0.15) is 12.7 Å². The number of likely N-dealkylation sites (tertiary alicyclic amines) is 1. The number of amides is 2. The molecule has 2 N–H and O–H groups in total. The molecule has 2 fully saturated rings. The lowest BCUT2D eigenvalue weighted by atomic mass is 9.85. The predicted octanol–water partition coefficient (Wildman–Crippen LogP) is 6.12. The van der Waals surface area contributed by atoms with Crippen LogP contribution in [0.1, 0.15) is 99.0 Å². The van der Waals surface area contributed by atoms with Gasteiger partial charge < -0.3 is 19.5 Å². The first-order chi connectivity index (χ1) is 23.4. The number of piperidine rings is 1. The highest BCUT2D eigenvalue weighted by Crippen LogP contribution is 2.70. The Bertz CT molecular complexity index is 1790. The van der Waals surface area contributed by atoms with Crippen LogP contribution in [0.5, 0.6) is 5.75 Å². The number of rotatable bonds is 10. The molecule has 3 aliphatic rings. The Balaban J connectivity index is 0.00000151. The van der Waals surface area contributed by atoms with Gasteiger partial charge in [0.25, 0.3) is 5.91 Å². The number of methoxy groups -OCH3 is 1. The molecule has 1 aliphatic carbocycles. The maximum atomic E-state index is 14.7. The Morgan fingerprint density at radius 3 is 2.27 bits per heavy atom. The van der Waals surface area contributed by atoms with Gasteiger partial charge >= 0.3 is 10.2 Å². The van der Waals surface area contributed by atoms with Crippen LogP contribution in [0.15, 0.2) is 36.4 Å². The number of fused-ring (bicyclic) bond motifs is 7. The first kappa shape index (κ1) is 36.9. The molecule has 49 heavy (non-hydrogen) atoms. The first-order valence-electron chi connectivity index (χ1n) is 17.9. The highest BCUT2D eigenvalue weighted by molar-refractivity contribution is 7.87. The van der Waals surface area contributed by atoms with Gasteiger partial charge in [0.15, 0.2) is 0 Å². The summed E-state index contributed by atoms with van der Waals surface area (Å²) in [5.41, 5.74) is 5.16. The van der Waals surface area contributed by atoms with E-state index in [4.69, 9.17) is 4.74 Å². The Morgan fingerprint density at radius 1 is 1.02 bits per heavy atom. The minimum Gasteiger partial charge on any atom is -0.497 e. The van der Waals surface area contributed by atoms with Gasteiger partial charge in [-0.3, -0.25) is 9.59 Å². The van der Waals surface area contributed by atoms with Crippen molar-refractivity contribution in [1.82, 2.24) is 23.8 Å². The molecule has 0 radical (unpaired) electrons. The third-order valence-electron chi connectivity index (χ3n) is 10.8. The molecule has 0 spiro atoms. The summed E-state index contributed by atoms with van der Waals surface area (Å²) in [6, 6.07) is 11.8. The van der Waals surface area contributed by atoms with E-state index in [1.165, 1.54) is 19.7 Å². The highest BCUT2D eigenvalue weighted by atomic mass is 32.2. The zero-order chi connectivity index (χ0) is 35.7. The lowest BCUT2D eigenvalue weighted by Gasteiger charge is -2.32. The van der Waals surface area contributed by atoms with Gasteiger partial charge in [-0.15, -0.1) is 0 Å². The summed E-state index contributed by atoms with van der Waals surface area (Å²) in [6.07, 6.45) is 7.31. The number of ether oxygens (including phenoxy) is 1. The van der Waals surface area contributed by atoms with Crippen molar-refractivity contribution in [3.05, 3.63) is 53.1 Å². The molecule has 6 rings (SSSR count). The molecule has 268 valence electrons. The van der Waals surface area contributed by atoms with Gasteiger partial charge in [-0.05, 0) is 99.5 Å². The predicted molar refractivity (Wildman–Crippen MR) is 196 cm³/mol. The number of carbonyl (C=O) groups excluding carboxylic acids is 2. The largest absolute Gasteiger partial charge is 0.497 e. The molecule has 2 aromatic carbocycles. The van der Waals surface area contributed by atoms with Crippen LogP contribution in [0.4, 0.5) is 0 Å². The average Bonchev–Trinajstić information content (AvgIpc) is 3.59. The minimum atomic E-state index is -3.97. The Morgan fingerprint density at radius 2 is 1.67 bits per heavy atom. The van der Waals surface area contributed by atoms with E-state index in [9.17, 15) is 18.0 Å². The fraction of sp³-hybridized carbons (Fsp3) is 0.579. The van der Waals surface area contributed by atoms with Crippen molar-refractivity contribution in [2.45, 2.75) is 84.1 Å². The number of nitrogens with zero attached hydrogens (tertiary/aromatic N) is 3. The number of hydrogen-bond acceptors (Lipinski definition) is 6. The van der Waals surface area contributed by atoms with Gasteiger partial charge in [0.2, 0.25) is 5.91 Å². The van der Waals surface area contributed by atoms with Crippen LogP contribution in [0.25, 0.3) is 22.2 Å². The van der Waals surface area contributed by atoms with E-state index in [0.717, 1.165) is 95.8 Å². The van der Waals surface area contributed by atoms with Crippen molar-refractivity contribution in [3.63, 3.8) is 0 Å². The second kappa shape index (κ2) is 14.8. The quantitative estimate of drug-likeness (QED) is 0.265. The van der Waals surface area contributed by atoms with Crippen LogP contribution in [0.3, 0.4) is 0 Å². The molecule has 3 atom stereocenters. The number of hydrogen-bond donors (Lipinski definition) is 2. The second-order valence-electron chi connectivity index (χ2n) is 14.2. The van der Waals surface area contributed by atoms with Crippen LogP contribution < -0.4 is 14.8 Å². The Kier molecular flexibility index (Phi) is 11.2. The molecule has 3 heterocycles. The molecule has 2 aliphatic heterocycles. The van der Waals surface area contributed by atoms with Gasteiger partial charge in [0, 0.05) is 61.7 Å². The Hall–Kier alpha value is -3.41. The summed E-state index contributed by atoms with van der Waals surface area (Å²) < 4.78 is 36.4. The average molecular weight is 694 g/mol. The lowest BCUT2D eigenvalue weighted by molar-refractivity contribution is -0.139. The van der Waals surface area contributed by atoms with Gasteiger partial charge in [0.1, 0.15) is 5.75 Å². The maximum absolute atomic E-state index is 14.7. The molecule has 2 amide bonds. The molecule has 10 nitrogen and oxygen atoms in total. The first-order valence-corrected chi connectivity index (χ1v) is 19.3. The van der Waals surface area contributed by atoms with E-state index in [1.54, 1.807) is 13.2 Å². The topological polar surface area (TPSA) is 113 Å². The van der Waals surface area contributed by atoms with Crippen LogP contribution in [-0.2, 0) is 21.5 Å². The molecule has 1 saturated carbocycles. The monoisotopic (exact) mass is 693 g/mol. The normalized spacial score (nSPS) is 21.3. The Labute approximate surface area is 292 Å². The van der Waals surface area contributed by atoms with E-state index in [1.807, 2.05) is 32.3 Å². The van der Waals surface area contributed by atoms with E-state index in [-0.39, 0.29) is 29.2 Å². The van der Waals surface area contributed by atoms with Crippen molar-refractivity contribution in [1.29, 1.82) is 0 Å². The zero-order valence-corrected chi connectivity index (χ0v) is 31.4. The van der Waals surface area contributed by atoms with Crippen molar-refractivity contribution in [2.24, 2.45) is 11.3 Å². The van der Waals surface area contributed by atoms with Crippen LogP contribution in [0.2, 0.25) is 0 Å². The SMILES string of the molecule is CCCC(CCC)c1c2n(c3cc(C(=O)NS(=O)(=O)N(C)C)ccc13)C[C@]1(C(=O)N3CCCCC3)C(c3cc(OC)ccc3-2)[C@@H]1C.CNC. The zero-order valence-electron chi connectivity index (χ0n) is 30.6. The van der Waals surface area contributed by atoms with Gasteiger partial charge in [0.05, 0.1) is 18.2 Å². The second-order valence-corrected chi connectivity index (χ2v) is 16.1. The van der Waals surface area contributed by atoms with Gasteiger partial charge in [-0.25, -0.2) is 4.72 Å². The summed E-state index contributed by atoms with van der Waals surface area (Å²) >= 11 is 0. The molecule has 1 saturated heterocycles. The van der Waals surface area contributed by atoms with E-state index < -0.39 is 21.5 Å². The van der Waals surface area contributed by atoms with Crippen LogP contribution in [0, 0.1) is 11.3 Å². The summed E-state index contributed by atoms with van der Waals surface area (Å²) in [6.45, 7) is 8.72. The molecule has 1 aromatic heterocycles. The number of nitrogens with one attached hydrogen (secondary N) is 2. The fourth-order valence-electron chi connectivity index (χ4n) is 8.39. The smallest absolute Gasteiger partial charge is 0.303 e. The standard InChI is InChI=1S/C36H48N4O5S.C2H7N/c1-7-12-24(13-8-2)31-28-16-14-25(34(41)37-46(43,44)38(4)5)20-30(28)40-22-36(35(42)39-18-10-9-11-19-39)23(3)32(36)29-21-26(45-6)15-17-27(29)33(31)40;1-3-2/h14-17,20-21,23-24,32H,7-13,18-19,22H2,1-6H3,(H,37,41);3H,1-2H3/t23-,32?,36+;/m0./s1.